The van der Waals surface area contributed by atoms with Crippen molar-refractivity contribution < 1.29 is 12.8 Å². The Balaban J connectivity index is 0.00000176. The summed E-state index contributed by atoms with van der Waals surface area (Å²) in [5, 5.41) is 3.17. The Morgan fingerprint density at radius 1 is 1.27 bits per heavy atom. The standard InChI is InChI=1S/C13H15BrClFN2O2S.ClH/c14-11-5-8(16)6-12(15)13(11)21(19,20)18-9-1-2-10(18)7-17-4-3-9;/h5-6,9-10,17H,1-4,7H2;1H. The van der Waals surface area contributed by atoms with Crippen molar-refractivity contribution in [3.05, 3.63) is 27.4 Å². The number of halogens is 4. The van der Waals surface area contributed by atoms with E-state index < -0.39 is 15.8 Å². The maximum Gasteiger partial charge on any atom is 0.246 e. The Morgan fingerprint density at radius 2 is 1.95 bits per heavy atom. The summed E-state index contributed by atoms with van der Waals surface area (Å²) in [5.41, 5.74) is 0. The number of nitrogens with one attached hydrogen (secondary N) is 1. The lowest BCUT2D eigenvalue weighted by Crippen LogP contribution is -2.42. The van der Waals surface area contributed by atoms with Crippen LogP contribution >= 0.6 is 39.9 Å². The summed E-state index contributed by atoms with van der Waals surface area (Å²) in [4.78, 5) is -0.0376. The summed E-state index contributed by atoms with van der Waals surface area (Å²) in [7, 11) is -3.75. The quantitative estimate of drug-likeness (QED) is 0.779. The van der Waals surface area contributed by atoms with Gasteiger partial charge in [0.15, 0.2) is 0 Å². The number of nitrogens with zero attached hydrogens (tertiary/aromatic N) is 1. The normalized spacial score (nSPS) is 25.6. The van der Waals surface area contributed by atoms with E-state index in [1.807, 2.05) is 0 Å². The third-order valence-electron chi connectivity index (χ3n) is 4.09. The van der Waals surface area contributed by atoms with Crippen LogP contribution in [0.3, 0.4) is 0 Å². The van der Waals surface area contributed by atoms with Crippen LogP contribution in [0.1, 0.15) is 19.3 Å². The molecule has 0 amide bonds. The van der Waals surface area contributed by atoms with Crippen LogP contribution in [0.4, 0.5) is 4.39 Å². The van der Waals surface area contributed by atoms with Gasteiger partial charge in [-0.05, 0) is 53.9 Å². The predicted octanol–water partition coefficient (Wildman–Crippen LogP) is 3.18. The topological polar surface area (TPSA) is 49.4 Å². The van der Waals surface area contributed by atoms with Gasteiger partial charge >= 0.3 is 0 Å². The molecule has 1 aromatic rings. The van der Waals surface area contributed by atoms with Crippen LogP contribution in [0.15, 0.2) is 21.5 Å². The number of hydrogen-bond acceptors (Lipinski definition) is 3. The second kappa shape index (κ2) is 6.91. The molecule has 0 radical (unpaired) electrons. The second-order valence-corrected chi connectivity index (χ2v) is 8.45. The fourth-order valence-corrected chi connectivity index (χ4v) is 6.87. The molecule has 124 valence electrons. The van der Waals surface area contributed by atoms with Crippen molar-refractivity contribution in [1.29, 1.82) is 0 Å². The molecule has 2 atom stereocenters. The Morgan fingerprint density at radius 3 is 2.64 bits per heavy atom. The largest absolute Gasteiger partial charge is 0.315 e. The lowest BCUT2D eigenvalue weighted by molar-refractivity contribution is 0.334. The highest BCUT2D eigenvalue weighted by Gasteiger charge is 2.44. The van der Waals surface area contributed by atoms with Crippen LogP contribution in [0.2, 0.25) is 5.02 Å². The van der Waals surface area contributed by atoms with E-state index in [1.165, 1.54) is 0 Å². The Labute approximate surface area is 149 Å². The molecule has 1 N–H and O–H groups in total. The Bertz CT molecular complexity index is 637. The fourth-order valence-electron chi connectivity index (χ4n) is 3.21. The maximum atomic E-state index is 13.3. The van der Waals surface area contributed by atoms with E-state index in [1.54, 1.807) is 4.31 Å². The Kier molecular flexibility index (Phi) is 5.78. The van der Waals surface area contributed by atoms with Crippen molar-refractivity contribution in [1.82, 2.24) is 9.62 Å². The van der Waals surface area contributed by atoms with Gasteiger partial charge in [-0.15, -0.1) is 12.4 Å². The van der Waals surface area contributed by atoms with E-state index in [9.17, 15) is 12.8 Å². The summed E-state index contributed by atoms with van der Waals surface area (Å²) < 4.78 is 41.1. The summed E-state index contributed by atoms with van der Waals surface area (Å²) in [6.45, 7) is 1.46. The zero-order valence-electron chi connectivity index (χ0n) is 11.6. The van der Waals surface area contributed by atoms with E-state index in [2.05, 4.69) is 21.2 Å². The molecule has 0 spiro atoms. The van der Waals surface area contributed by atoms with Crippen LogP contribution < -0.4 is 5.32 Å². The van der Waals surface area contributed by atoms with Crippen LogP contribution in [0.25, 0.3) is 0 Å². The Hall–Kier alpha value is 0.0800. The summed E-state index contributed by atoms with van der Waals surface area (Å²) in [6.07, 6.45) is 2.49. The van der Waals surface area contributed by atoms with E-state index in [0.717, 1.165) is 37.9 Å². The first kappa shape index (κ1) is 18.4. The molecule has 4 nitrogen and oxygen atoms in total. The van der Waals surface area contributed by atoms with E-state index in [-0.39, 0.29) is 38.9 Å². The van der Waals surface area contributed by atoms with Crippen molar-refractivity contribution in [3.63, 3.8) is 0 Å². The molecule has 0 aliphatic carbocycles. The minimum atomic E-state index is -3.75. The second-order valence-electron chi connectivity index (χ2n) is 5.41. The van der Waals surface area contributed by atoms with Crippen molar-refractivity contribution in [3.8, 4) is 0 Å². The van der Waals surface area contributed by atoms with Gasteiger partial charge in [-0.25, -0.2) is 12.8 Å². The smallest absolute Gasteiger partial charge is 0.246 e. The van der Waals surface area contributed by atoms with Crippen LogP contribution in [0.5, 0.6) is 0 Å². The van der Waals surface area contributed by atoms with Crippen LogP contribution in [0, 0.1) is 5.82 Å². The van der Waals surface area contributed by atoms with Crippen molar-refractivity contribution in [2.75, 3.05) is 13.1 Å². The molecule has 2 bridgehead atoms. The predicted molar refractivity (Wildman–Crippen MR) is 89.7 cm³/mol. The summed E-state index contributed by atoms with van der Waals surface area (Å²) in [5.74, 6) is -0.564. The van der Waals surface area contributed by atoms with Gasteiger partial charge in [0, 0.05) is 23.1 Å². The minimum absolute atomic E-state index is 0. The first-order valence-corrected chi connectivity index (χ1v) is 9.41. The molecule has 2 aliphatic rings. The number of sulfonamides is 1. The average Bonchev–Trinajstić information content (AvgIpc) is 2.61. The van der Waals surface area contributed by atoms with E-state index >= 15 is 0 Å². The summed E-state index contributed by atoms with van der Waals surface area (Å²) >= 11 is 9.14. The first-order valence-electron chi connectivity index (χ1n) is 6.80. The molecule has 22 heavy (non-hydrogen) atoms. The van der Waals surface area contributed by atoms with E-state index in [0.29, 0.717) is 6.54 Å². The first-order chi connectivity index (χ1) is 9.91. The third kappa shape index (κ3) is 3.16. The molecular formula is C13H16BrCl2FN2O2S. The lowest BCUT2D eigenvalue weighted by atomic mass is 10.1. The van der Waals surface area contributed by atoms with Crippen molar-refractivity contribution >= 4 is 50.0 Å². The van der Waals surface area contributed by atoms with Gasteiger partial charge in [-0.1, -0.05) is 11.6 Å². The van der Waals surface area contributed by atoms with Gasteiger partial charge in [-0.3, -0.25) is 0 Å². The van der Waals surface area contributed by atoms with Gasteiger partial charge in [0.2, 0.25) is 10.0 Å². The molecule has 2 heterocycles. The molecule has 3 rings (SSSR count). The summed E-state index contributed by atoms with van der Waals surface area (Å²) in [6, 6.07) is 2.10. The molecule has 0 saturated carbocycles. The van der Waals surface area contributed by atoms with Gasteiger partial charge in [0.1, 0.15) is 10.7 Å². The van der Waals surface area contributed by atoms with Crippen molar-refractivity contribution in [2.24, 2.45) is 0 Å². The highest BCUT2D eigenvalue weighted by Crippen LogP contribution is 2.39. The van der Waals surface area contributed by atoms with Gasteiger partial charge in [0.05, 0.1) is 5.02 Å². The lowest BCUT2D eigenvalue weighted by Gasteiger charge is -2.27. The molecule has 2 saturated heterocycles. The highest BCUT2D eigenvalue weighted by atomic mass is 79.9. The molecule has 1 aromatic carbocycles. The number of fused-ring (bicyclic) bond motifs is 2. The average molecular weight is 434 g/mol. The van der Waals surface area contributed by atoms with E-state index in [4.69, 9.17) is 11.6 Å². The van der Waals surface area contributed by atoms with Gasteiger partial charge in [-0.2, -0.15) is 4.31 Å². The number of benzene rings is 1. The molecule has 9 heteroatoms. The number of hydrogen-bond donors (Lipinski definition) is 1. The zero-order valence-corrected chi connectivity index (χ0v) is 15.5. The highest BCUT2D eigenvalue weighted by molar-refractivity contribution is 9.10. The van der Waals surface area contributed by atoms with Crippen molar-refractivity contribution in [2.45, 2.75) is 36.2 Å². The zero-order chi connectivity index (χ0) is 15.2. The molecular weight excluding hydrogens is 418 g/mol. The van der Waals surface area contributed by atoms with Crippen LogP contribution in [-0.2, 0) is 10.0 Å². The van der Waals surface area contributed by atoms with Crippen LogP contribution in [-0.4, -0.2) is 37.9 Å². The monoisotopic (exact) mass is 432 g/mol. The third-order valence-corrected chi connectivity index (χ3v) is 7.49. The number of rotatable bonds is 2. The van der Waals surface area contributed by atoms with Gasteiger partial charge < -0.3 is 5.32 Å². The van der Waals surface area contributed by atoms with Gasteiger partial charge in [0.25, 0.3) is 0 Å². The molecule has 2 unspecified atom stereocenters. The maximum absolute atomic E-state index is 13.3. The minimum Gasteiger partial charge on any atom is -0.315 e. The molecule has 2 fully saturated rings. The molecule has 2 aliphatic heterocycles. The SMILES string of the molecule is Cl.O=S(=O)(c1c(Cl)cc(F)cc1Br)N1C2CCNCC1CC2. The molecule has 0 aromatic heterocycles. The fraction of sp³-hybridized carbons (Fsp3) is 0.538.